The molecule has 0 radical (unpaired) electrons. The minimum atomic E-state index is -0.864. The quantitative estimate of drug-likeness (QED) is 0.802. The summed E-state index contributed by atoms with van der Waals surface area (Å²) < 4.78 is 20.8. The van der Waals surface area contributed by atoms with E-state index in [-0.39, 0.29) is 23.7 Å². The smallest absolute Gasteiger partial charge is 0.272 e. The molecule has 5 rings (SSSR count). The van der Waals surface area contributed by atoms with Gasteiger partial charge in [-0.2, -0.15) is 0 Å². The lowest BCUT2D eigenvalue weighted by molar-refractivity contribution is -0.00562. The number of rotatable bonds is 4. The molecule has 1 saturated heterocycles. The standard InChI is InChI=1S/C22H28FN5O3/c1-31-19-9-15-12-27(21(29)17-5-4-16(23)10-24-17)11-14(15)8-18(19)28-13-20(25-26-28)22(30)6-2-3-7-22/h4-5,10,13-15,18-19,30H,2-3,6-9,11-12H2,1H3/t14-,15+,18-,19-/m1/s1. The number of pyridine rings is 1. The van der Waals surface area contributed by atoms with Crippen molar-refractivity contribution in [2.24, 2.45) is 11.8 Å². The van der Waals surface area contributed by atoms with Crippen LogP contribution in [0.4, 0.5) is 4.39 Å². The third-order valence-corrected chi connectivity index (χ3v) is 7.38. The second-order valence-corrected chi connectivity index (χ2v) is 9.23. The lowest BCUT2D eigenvalue weighted by Crippen LogP contribution is -2.37. The summed E-state index contributed by atoms with van der Waals surface area (Å²) in [6.07, 6.45) is 8.03. The predicted octanol–water partition coefficient (Wildman–Crippen LogP) is 2.31. The van der Waals surface area contributed by atoms with E-state index in [1.165, 1.54) is 12.1 Å². The van der Waals surface area contributed by atoms with Gasteiger partial charge in [-0.05, 0) is 49.7 Å². The number of aliphatic hydroxyl groups is 1. The van der Waals surface area contributed by atoms with Gasteiger partial charge >= 0.3 is 0 Å². The third-order valence-electron chi connectivity index (χ3n) is 7.38. The first-order valence-electron chi connectivity index (χ1n) is 11.0. The monoisotopic (exact) mass is 429 g/mol. The topological polar surface area (TPSA) is 93.4 Å². The number of hydrogen-bond acceptors (Lipinski definition) is 6. The first kappa shape index (κ1) is 20.5. The molecule has 0 aromatic carbocycles. The van der Waals surface area contributed by atoms with Crippen LogP contribution in [0.15, 0.2) is 24.5 Å². The highest BCUT2D eigenvalue weighted by molar-refractivity contribution is 5.92. The number of carbonyl (C=O) groups excluding carboxylic acids is 1. The number of aromatic nitrogens is 4. The Morgan fingerprint density at radius 2 is 1.97 bits per heavy atom. The van der Waals surface area contributed by atoms with E-state index in [0.717, 1.165) is 44.7 Å². The van der Waals surface area contributed by atoms with Gasteiger partial charge in [0.1, 0.15) is 22.8 Å². The fraction of sp³-hybridized carbons (Fsp3) is 0.636. The number of amides is 1. The fourth-order valence-corrected chi connectivity index (χ4v) is 5.62. The van der Waals surface area contributed by atoms with E-state index in [4.69, 9.17) is 4.74 Å². The van der Waals surface area contributed by atoms with Crippen molar-refractivity contribution in [3.8, 4) is 0 Å². The van der Waals surface area contributed by atoms with Gasteiger partial charge in [0.2, 0.25) is 0 Å². The van der Waals surface area contributed by atoms with E-state index in [1.54, 1.807) is 7.11 Å². The first-order valence-corrected chi connectivity index (χ1v) is 11.0. The van der Waals surface area contributed by atoms with E-state index in [1.807, 2.05) is 15.8 Å². The molecule has 8 nitrogen and oxygen atoms in total. The zero-order valence-electron chi connectivity index (χ0n) is 17.7. The summed E-state index contributed by atoms with van der Waals surface area (Å²) in [5.74, 6) is 0.0499. The van der Waals surface area contributed by atoms with Crippen LogP contribution in [-0.4, -0.2) is 62.2 Å². The molecular formula is C22H28FN5O3. The number of halogens is 1. The number of methoxy groups -OCH3 is 1. The fourth-order valence-electron chi connectivity index (χ4n) is 5.62. The van der Waals surface area contributed by atoms with Gasteiger partial charge in [0.15, 0.2) is 0 Å². The highest BCUT2D eigenvalue weighted by atomic mass is 19.1. The maximum absolute atomic E-state index is 13.1. The minimum absolute atomic E-state index is 0.0106. The Morgan fingerprint density at radius 3 is 2.65 bits per heavy atom. The summed E-state index contributed by atoms with van der Waals surface area (Å²) in [4.78, 5) is 18.6. The average molecular weight is 429 g/mol. The number of carbonyl (C=O) groups is 1. The van der Waals surface area contributed by atoms with Gasteiger partial charge in [-0.25, -0.2) is 14.1 Å². The summed E-state index contributed by atoms with van der Waals surface area (Å²) in [5.41, 5.74) is 0.0507. The summed E-state index contributed by atoms with van der Waals surface area (Å²) in [6.45, 7) is 1.29. The van der Waals surface area contributed by atoms with E-state index < -0.39 is 11.4 Å². The normalized spacial score (nSPS) is 29.8. The molecule has 1 amide bonds. The largest absolute Gasteiger partial charge is 0.383 e. The molecule has 0 spiro atoms. The Balaban J connectivity index is 1.31. The predicted molar refractivity (Wildman–Crippen MR) is 109 cm³/mol. The van der Waals surface area contributed by atoms with Crippen LogP contribution >= 0.6 is 0 Å². The number of ether oxygens (including phenoxy) is 1. The van der Waals surface area contributed by atoms with Crippen molar-refractivity contribution in [3.05, 3.63) is 41.7 Å². The molecule has 2 aromatic rings. The Morgan fingerprint density at radius 1 is 1.23 bits per heavy atom. The molecule has 1 aliphatic heterocycles. The Bertz CT molecular complexity index is 943. The van der Waals surface area contributed by atoms with Gasteiger partial charge in [0.25, 0.3) is 5.91 Å². The van der Waals surface area contributed by atoms with Gasteiger partial charge in [-0.15, -0.1) is 5.10 Å². The summed E-state index contributed by atoms with van der Waals surface area (Å²) in [5, 5.41) is 19.5. The number of likely N-dealkylation sites (tertiary alicyclic amines) is 1. The molecule has 2 saturated carbocycles. The molecule has 0 unspecified atom stereocenters. The first-order chi connectivity index (χ1) is 15.0. The van der Waals surface area contributed by atoms with Crippen LogP contribution in [0, 0.1) is 17.7 Å². The Kier molecular flexibility index (Phi) is 5.26. The summed E-state index contributed by atoms with van der Waals surface area (Å²) in [6, 6.07) is 2.71. The number of nitrogens with zero attached hydrogens (tertiary/aromatic N) is 5. The molecule has 9 heteroatoms. The van der Waals surface area contributed by atoms with Crippen LogP contribution in [0.25, 0.3) is 0 Å². The molecule has 4 atom stereocenters. The van der Waals surface area contributed by atoms with Gasteiger partial charge in [-0.3, -0.25) is 4.79 Å². The van der Waals surface area contributed by atoms with Gasteiger partial charge in [-0.1, -0.05) is 18.1 Å². The van der Waals surface area contributed by atoms with Crippen molar-refractivity contribution in [3.63, 3.8) is 0 Å². The SMILES string of the molecule is CO[C@@H]1C[C@H]2CN(C(=O)c3ccc(F)cn3)C[C@H]2C[C@H]1n1cc(C2(O)CCCC2)nn1. The molecule has 1 N–H and O–H groups in total. The molecule has 3 fully saturated rings. The van der Waals surface area contributed by atoms with Crippen molar-refractivity contribution < 1.29 is 19.0 Å². The van der Waals surface area contributed by atoms with Crippen molar-refractivity contribution >= 4 is 5.91 Å². The Hall–Kier alpha value is -2.39. The maximum atomic E-state index is 13.1. The highest BCUT2D eigenvalue weighted by Crippen LogP contribution is 2.43. The second kappa shape index (κ2) is 7.94. The van der Waals surface area contributed by atoms with E-state index in [0.29, 0.717) is 30.6 Å². The lowest BCUT2D eigenvalue weighted by Gasteiger charge is -2.36. The minimum Gasteiger partial charge on any atom is -0.383 e. The van der Waals surface area contributed by atoms with Crippen LogP contribution < -0.4 is 0 Å². The van der Waals surface area contributed by atoms with Crippen molar-refractivity contribution in [2.45, 2.75) is 56.3 Å². The van der Waals surface area contributed by atoms with Crippen molar-refractivity contribution in [1.29, 1.82) is 0 Å². The average Bonchev–Trinajstić information content (AvgIpc) is 3.52. The molecule has 2 aromatic heterocycles. The molecule has 0 bridgehead atoms. The molecule has 3 heterocycles. The Labute approximate surface area is 180 Å². The summed E-state index contributed by atoms with van der Waals surface area (Å²) >= 11 is 0. The van der Waals surface area contributed by atoms with Crippen LogP contribution in [-0.2, 0) is 10.3 Å². The van der Waals surface area contributed by atoms with Crippen molar-refractivity contribution in [1.82, 2.24) is 24.9 Å². The summed E-state index contributed by atoms with van der Waals surface area (Å²) in [7, 11) is 1.71. The second-order valence-electron chi connectivity index (χ2n) is 9.23. The van der Waals surface area contributed by atoms with Gasteiger partial charge < -0.3 is 14.7 Å². The van der Waals surface area contributed by atoms with Gasteiger partial charge in [0, 0.05) is 20.2 Å². The molecular weight excluding hydrogens is 401 g/mol. The van der Waals surface area contributed by atoms with Crippen LogP contribution in [0.2, 0.25) is 0 Å². The van der Waals surface area contributed by atoms with Crippen LogP contribution in [0.5, 0.6) is 0 Å². The number of fused-ring (bicyclic) bond motifs is 1. The van der Waals surface area contributed by atoms with Gasteiger partial charge in [0.05, 0.1) is 24.5 Å². The van der Waals surface area contributed by atoms with Crippen LogP contribution in [0.1, 0.15) is 60.7 Å². The van der Waals surface area contributed by atoms with E-state index >= 15 is 0 Å². The maximum Gasteiger partial charge on any atom is 0.272 e. The van der Waals surface area contributed by atoms with Crippen molar-refractivity contribution in [2.75, 3.05) is 20.2 Å². The van der Waals surface area contributed by atoms with E-state index in [9.17, 15) is 14.3 Å². The zero-order chi connectivity index (χ0) is 21.6. The zero-order valence-corrected chi connectivity index (χ0v) is 17.7. The molecule has 166 valence electrons. The highest BCUT2D eigenvalue weighted by Gasteiger charge is 2.45. The third kappa shape index (κ3) is 3.74. The van der Waals surface area contributed by atoms with E-state index in [2.05, 4.69) is 15.3 Å². The lowest BCUT2D eigenvalue weighted by atomic mass is 9.77. The number of hydrogen-bond donors (Lipinski definition) is 1. The molecule has 2 aliphatic carbocycles. The molecule has 31 heavy (non-hydrogen) atoms. The van der Waals surface area contributed by atoms with Crippen LogP contribution in [0.3, 0.4) is 0 Å². The molecule has 3 aliphatic rings.